The maximum absolute atomic E-state index is 12.6. The van der Waals surface area contributed by atoms with Gasteiger partial charge in [0.2, 0.25) is 0 Å². The van der Waals surface area contributed by atoms with Crippen molar-refractivity contribution in [2.24, 2.45) is 0 Å². The lowest BCUT2D eigenvalue weighted by Gasteiger charge is -2.04. The van der Waals surface area contributed by atoms with E-state index in [4.69, 9.17) is 0 Å². The largest absolute Gasteiger partial charge is 0.304 e. The molecule has 0 saturated carbocycles. The molecule has 2 heterocycles. The first-order valence-electron chi connectivity index (χ1n) is 9.11. The second-order valence-electron chi connectivity index (χ2n) is 6.80. The molecule has 0 unspecified atom stereocenters. The average molecular weight is 371 g/mol. The Morgan fingerprint density at radius 3 is 2.54 bits per heavy atom. The number of anilines is 1. The van der Waals surface area contributed by atoms with Gasteiger partial charge in [0.05, 0.1) is 12.2 Å². The average Bonchev–Trinajstić information content (AvgIpc) is 3.31. The highest BCUT2D eigenvalue weighted by molar-refractivity contribution is 6.02. The monoisotopic (exact) mass is 371 g/mol. The number of H-pyrrole nitrogens is 1. The molecule has 1 amide bonds. The molecule has 4 aromatic rings. The van der Waals surface area contributed by atoms with Crippen LogP contribution in [0.3, 0.4) is 0 Å². The van der Waals surface area contributed by atoms with Crippen molar-refractivity contribution >= 4 is 11.7 Å². The number of aromatic amines is 1. The molecule has 28 heavy (non-hydrogen) atoms. The van der Waals surface area contributed by atoms with E-state index in [-0.39, 0.29) is 5.91 Å². The van der Waals surface area contributed by atoms with Crippen LogP contribution in [0.4, 0.5) is 5.82 Å². The van der Waals surface area contributed by atoms with Crippen molar-refractivity contribution in [3.05, 3.63) is 89.2 Å². The maximum atomic E-state index is 12.6. The minimum absolute atomic E-state index is 0.268. The van der Waals surface area contributed by atoms with E-state index in [9.17, 15) is 4.79 Å². The van der Waals surface area contributed by atoms with Crippen molar-refractivity contribution < 1.29 is 4.79 Å². The van der Waals surface area contributed by atoms with Crippen molar-refractivity contribution in [2.45, 2.75) is 20.4 Å². The normalized spacial score (nSPS) is 10.8. The molecule has 140 valence electrons. The number of amides is 1. The molecule has 0 aliphatic rings. The number of benzene rings is 2. The third-order valence-corrected chi connectivity index (χ3v) is 4.57. The van der Waals surface area contributed by atoms with Crippen LogP contribution in [0.25, 0.3) is 11.3 Å². The topological polar surface area (TPSA) is 75.6 Å². The second-order valence-corrected chi connectivity index (χ2v) is 6.80. The summed E-state index contributed by atoms with van der Waals surface area (Å²) in [6, 6.07) is 21.7. The van der Waals surface area contributed by atoms with Crippen molar-refractivity contribution in [2.75, 3.05) is 5.32 Å². The fourth-order valence-electron chi connectivity index (χ4n) is 2.98. The van der Waals surface area contributed by atoms with E-state index in [0.717, 1.165) is 22.5 Å². The van der Waals surface area contributed by atoms with Gasteiger partial charge >= 0.3 is 0 Å². The summed E-state index contributed by atoms with van der Waals surface area (Å²) < 4.78 is 1.87. The predicted octanol–water partition coefficient (Wildman–Crippen LogP) is 4.19. The molecular weight excluding hydrogens is 350 g/mol. The van der Waals surface area contributed by atoms with Crippen molar-refractivity contribution in [3.8, 4) is 11.3 Å². The zero-order chi connectivity index (χ0) is 19.5. The highest BCUT2D eigenvalue weighted by Crippen LogP contribution is 2.19. The fourth-order valence-corrected chi connectivity index (χ4v) is 2.98. The number of carbonyl (C=O) groups excluding carboxylic acids is 1. The Morgan fingerprint density at radius 2 is 1.79 bits per heavy atom. The lowest BCUT2D eigenvalue weighted by atomic mass is 10.1. The molecule has 2 N–H and O–H groups in total. The molecule has 4 rings (SSSR count). The van der Waals surface area contributed by atoms with Crippen LogP contribution >= 0.6 is 0 Å². The second kappa shape index (κ2) is 7.52. The van der Waals surface area contributed by atoms with Crippen LogP contribution in [-0.4, -0.2) is 25.9 Å². The van der Waals surface area contributed by atoms with Gasteiger partial charge in [0.25, 0.3) is 5.91 Å². The molecule has 0 aliphatic heterocycles. The summed E-state index contributed by atoms with van der Waals surface area (Å²) in [5, 5.41) is 14.4. The number of nitrogens with zero attached hydrogens (tertiary/aromatic N) is 3. The van der Waals surface area contributed by atoms with E-state index in [1.54, 1.807) is 6.07 Å². The van der Waals surface area contributed by atoms with Crippen LogP contribution in [0, 0.1) is 13.8 Å². The summed E-state index contributed by atoms with van der Waals surface area (Å²) in [7, 11) is 0. The maximum Gasteiger partial charge on any atom is 0.274 e. The van der Waals surface area contributed by atoms with Gasteiger partial charge in [0.15, 0.2) is 5.82 Å². The molecule has 2 aromatic heterocycles. The SMILES string of the molecule is Cc1ccc(-c2cc(C(=O)Nc3cc(C)n(Cc4ccccc4)n3)[nH]n2)cc1. The third-order valence-electron chi connectivity index (χ3n) is 4.57. The minimum Gasteiger partial charge on any atom is -0.304 e. The number of carbonyl (C=O) groups is 1. The first kappa shape index (κ1) is 17.7. The van der Waals surface area contributed by atoms with Gasteiger partial charge in [0, 0.05) is 17.3 Å². The first-order valence-corrected chi connectivity index (χ1v) is 9.11. The Bertz CT molecular complexity index is 1090. The van der Waals surface area contributed by atoms with Crippen molar-refractivity contribution in [1.82, 2.24) is 20.0 Å². The number of hydrogen-bond acceptors (Lipinski definition) is 3. The standard InChI is InChI=1S/C22H21N5O/c1-15-8-10-18(11-9-15)19-13-20(25-24-19)22(28)23-21-12-16(2)27(26-21)14-17-6-4-3-5-7-17/h3-13H,14H2,1-2H3,(H,24,25)(H,23,26,28). The van der Waals surface area contributed by atoms with Gasteiger partial charge < -0.3 is 5.32 Å². The van der Waals surface area contributed by atoms with Gasteiger partial charge in [0.1, 0.15) is 5.69 Å². The smallest absolute Gasteiger partial charge is 0.274 e. The zero-order valence-electron chi connectivity index (χ0n) is 15.8. The Hall–Kier alpha value is -3.67. The number of aryl methyl sites for hydroxylation is 2. The number of hydrogen-bond donors (Lipinski definition) is 2. The highest BCUT2D eigenvalue weighted by Gasteiger charge is 2.14. The van der Waals surface area contributed by atoms with Gasteiger partial charge in [-0.05, 0) is 25.5 Å². The molecule has 0 aliphatic carbocycles. The van der Waals surface area contributed by atoms with E-state index in [1.165, 1.54) is 5.56 Å². The van der Waals surface area contributed by atoms with Crippen molar-refractivity contribution in [3.63, 3.8) is 0 Å². The lowest BCUT2D eigenvalue weighted by Crippen LogP contribution is -2.13. The molecule has 0 atom stereocenters. The van der Waals surface area contributed by atoms with Gasteiger partial charge in [-0.1, -0.05) is 60.2 Å². The van der Waals surface area contributed by atoms with Crippen molar-refractivity contribution in [1.29, 1.82) is 0 Å². The predicted molar refractivity (Wildman–Crippen MR) is 109 cm³/mol. The summed E-state index contributed by atoms with van der Waals surface area (Å²) >= 11 is 0. The van der Waals surface area contributed by atoms with E-state index >= 15 is 0 Å². The van der Waals surface area contributed by atoms with E-state index in [0.29, 0.717) is 18.1 Å². The fraction of sp³-hybridized carbons (Fsp3) is 0.136. The van der Waals surface area contributed by atoms with E-state index < -0.39 is 0 Å². The van der Waals surface area contributed by atoms with Gasteiger partial charge in [-0.2, -0.15) is 10.2 Å². The molecule has 0 spiro atoms. The van der Waals surface area contributed by atoms with E-state index in [2.05, 4.69) is 32.7 Å². The van der Waals surface area contributed by atoms with Gasteiger partial charge in [-0.3, -0.25) is 14.6 Å². The molecule has 2 aromatic carbocycles. The Kier molecular flexibility index (Phi) is 4.76. The van der Waals surface area contributed by atoms with E-state index in [1.807, 2.05) is 67.1 Å². The van der Waals surface area contributed by atoms with Crippen LogP contribution in [-0.2, 0) is 6.54 Å². The minimum atomic E-state index is -0.268. The number of nitrogens with one attached hydrogen (secondary N) is 2. The van der Waals surface area contributed by atoms with Crippen LogP contribution in [0.2, 0.25) is 0 Å². The molecule has 0 saturated heterocycles. The number of aromatic nitrogens is 4. The molecule has 6 heteroatoms. The Labute approximate surface area is 163 Å². The quantitative estimate of drug-likeness (QED) is 0.552. The Balaban J connectivity index is 1.47. The van der Waals surface area contributed by atoms with Crippen LogP contribution in [0.15, 0.2) is 66.7 Å². The molecule has 0 bridgehead atoms. The van der Waals surface area contributed by atoms with Crippen LogP contribution < -0.4 is 5.32 Å². The molecule has 0 radical (unpaired) electrons. The summed E-state index contributed by atoms with van der Waals surface area (Å²) in [6.07, 6.45) is 0. The summed E-state index contributed by atoms with van der Waals surface area (Å²) in [4.78, 5) is 12.6. The summed E-state index contributed by atoms with van der Waals surface area (Å²) in [5.74, 6) is 0.250. The van der Waals surface area contributed by atoms with Crippen LogP contribution in [0.5, 0.6) is 0 Å². The van der Waals surface area contributed by atoms with Gasteiger partial charge in [-0.15, -0.1) is 0 Å². The van der Waals surface area contributed by atoms with Gasteiger partial charge in [-0.25, -0.2) is 0 Å². The summed E-state index contributed by atoms with van der Waals surface area (Å²) in [5.41, 5.74) is 5.40. The number of rotatable bonds is 5. The molecule has 0 fully saturated rings. The molecule has 6 nitrogen and oxygen atoms in total. The lowest BCUT2D eigenvalue weighted by molar-refractivity contribution is 0.102. The van der Waals surface area contributed by atoms with Crippen LogP contribution in [0.1, 0.15) is 27.3 Å². The first-order chi connectivity index (χ1) is 13.6. The molecular formula is C22H21N5O. The summed E-state index contributed by atoms with van der Waals surface area (Å²) in [6.45, 7) is 4.66. The Morgan fingerprint density at radius 1 is 1.04 bits per heavy atom. The highest BCUT2D eigenvalue weighted by atomic mass is 16.2. The zero-order valence-corrected chi connectivity index (χ0v) is 15.8. The third kappa shape index (κ3) is 3.86.